The van der Waals surface area contributed by atoms with E-state index in [2.05, 4.69) is 10.3 Å². The number of amides is 2. The summed E-state index contributed by atoms with van der Waals surface area (Å²) in [7, 11) is 1.44. The summed E-state index contributed by atoms with van der Waals surface area (Å²) in [4.78, 5) is 30.7. The van der Waals surface area contributed by atoms with E-state index in [4.69, 9.17) is 9.47 Å². The van der Waals surface area contributed by atoms with Crippen LogP contribution in [0.2, 0.25) is 0 Å². The zero-order chi connectivity index (χ0) is 28.3. The van der Waals surface area contributed by atoms with Gasteiger partial charge in [0.2, 0.25) is 5.91 Å². The number of alkyl halides is 5. The minimum Gasteiger partial charge on any atom is -0.497 e. The maximum atomic E-state index is 14.9. The number of anilines is 1. The first-order valence-corrected chi connectivity index (χ1v) is 11.6. The van der Waals surface area contributed by atoms with Gasteiger partial charge in [-0.1, -0.05) is 19.9 Å². The fourth-order valence-corrected chi connectivity index (χ4v) is 4.24. The highest BCUT2D eigenvalue weighted by atomic mass is 19.4. The summed E-state index contributed by atoms with van der Waals surface area (Å²) in [6.07, 6.45) is -7.86. The molecule has 3 rings (SSSR count). The average molecular weight is 547 g/mol. The van der Waals surface area contributed by atoms with Crippen molar-refractivity contribution in [3.8, 4) is 5.75 Å². The summed E-state index contributed by atoms with van der Waals surface area (Å²) in [5.74, 6) is -2.52. The molecule has 2 amide bonds. The third-order valence-electron chi connectivity index (χ3n) is 5.96. The zero-order valence-electron chi connectivity index (χ0n) is 20.9. The van der Waals surface area contributed by atoms with E-state index in [9.17, 15) is 35.9 Å². The van der Waals surface area contributed by atoms with Crippen molar-refractivity contribution in [2.24, 2.45) is 0 Å². The minimum absolute atomic E-state index is 0.0955. The average Bonchev–Trinajstić information content (AvgIpc) is 2.81. The Morgan fingerprint density at radius 1 is 1.21 bits per heavy atom. The number of fused-ring (bicyclic) bond motifs is 1. The van der Waals surface area contributed by atoms with Crippen molar-refractivity contribution in [3.05, 3.63) is 53.1 Å². The van der Waals surface area contributed by atoms with Gasteiger partial charge in [0, 0.05) is 18.0 Å². The van der Waals surface area contributed by atoms with Crippen molar-refractivity contribution in [2.45, 2.75) is 50.7 Å². The second kappa shape index (κ2) is 11.6. The van der Waals surface area contributed by atoms with Crippen molar-refractivity contribution in [3.63, 3.8) is 0 Å². The molecule has 0 fully saturated rings. The van der Waals surface area contributed by atoms with Gasteiger partial charge in [0.15, 0.2) is 0 Å². The summed E-state index contributed by atoms with van der Waals surface area (Å²) in [6, 6.07) is 4.19. The second-order valence-corrected chi connectivity index (χ2v) is 9.43. The van der Waals surface area contributed by atoms with Gasteiger partial charge >= 0.3 is 6.18 Å². The molecule has 0 saturated carbocycles. The molecule has 1 aromatic heterocycles. The minimum atomic E-state index is -4.77. The molecule has 1 aromatic carbocycles. The van der Waals surface area contributed by atoms with E-state index < -0.39 is 54.7 Å². The molecule has 1 N–H and O–H groups in total. The Kier molecular flexibility index (Phi) is 8.90. The summed E-state index contributed by atoms with van der Waals surface area (Å²) in [6.45, 7) is 1.87. The van der Waals surface area contributed by atoms with Crippen molar-refractivity contribution in [1.82, 2.24) is 9.88 Å². The van der Waals surface area contributed by atoms with E-state index in [0.29, 0.717) is 16.9 Å². The van der Waals surface area contributed by atoms with Gasteiger partial charge in [-0.3, -0.25) is 14.6 Å². The fraction of sp³-hybridized carbons (Fsp3) is 0.480. The fourth-order valence-electron chi connectivity index (χ4n) is 4.24. The SMILES string of the molecule is COc1ccc2c(c1)CCN(C(=O)CC(F)(F)F)[C@H]2C(=O)Nc1cnc(C(C)(C)COCC(F)F)c(F)c1. The van der Waals surface area contributed by atoms with Gasteiger partial charge in [0.1, 0.15) is 30.6 Å². The Morgan fingerprint density at radius 2 is 1.92 bits per heavy atom. The second-order valence-electron chi connectivity index (χ2n) is 9.43. The Morgan fingerprint density at radius 3 is 2.53 bits per heavy atom. The number of carbonyl (C=O) groups excluding carboxylic acids is 2. The summed E-state index contributed by atoms with van der Waals surface area (Å²) >= 11 is 0. The van der Waals surface area contributed by atoms with E-state index in [1.54, 1.807) is 19.9 Å². The van der Waals surface area contributed by atoms with Crippen molar-refractivity contribution >= 4 is 17.5 Å². The maximum Gasteiger partial charge on any atom is 0.397 e. The van der Waals surface area contributed by atoms with Gasteiger partial charge in [-0.15, -0.1) is 0 Å². The number of aromatic nitrogens is 1. The number of carbonyl (C=O) groups is 2. The van der Waals surface area contributed by atoms with Crippen LogP contribution in [0.3, 0.4) is 0 Å². The standard InChI is InChI=1S/C25H27F6N3O4/c1-24(2,13-38-12-19(27)28)22-18(26)9-15(11-32-22)33-23(36)21-17-5-4-16(37-3)8-14(17)6-7-34(21)20(35)10-25(29,30)31/h4-5,8-9,11,19,21H,6-7,10,12-13H2,1-3H3,(H,33,36)/t21-/m1/s1. The van der Waals surface area contributed by atoms with Crippen LogP contribution in [-0.4, -0.2) is 61.2 Å². The largest absolute Gasteiger partial charge is 0.497 e. The van der Waals surface area contributed by atoms with Crippen LogP contribution in [0.15, 0.2) is 30.5 Å². The first kappa shape index (κ1) is 29.2. The van der Waals surface area contributed by atoms with E-state index in [1.807, 2.05) is 0 Å². The Labute approximate surface area is 215 Å². The molecule has 7 nitrogen and oxygen atoms in total. The number of nitrogens with zero attached hydrogens (tertiary/aromatic N) is 2. The van der Waals surface area contributed by atoms with Crippen molar-refractivity contribution in [1.29, 1.82) is 0 Å². The Balaban J connectivity index is 1.87. The van der Waals surface area contributed by atoms with Gasteiger partial charge < -0.3 is 19.7 Å². The number of rotatable bonds is 9. The van der Waals surface area contributed by atoms with Crippen LogP contribution >= 0.6 is 0 Å². The molecule has 0 radical (unpaired) electrons. The lowest BCUT2D eigenvalue weighted by molar-refractivity contribution is -0.164. The van der Waals surface area contributed by atoms with Gasteiger partial charge in [-0.2, -0.15) is 13.2 Å². The van der Waals surface area contributed by atoms with Crippen LogP contribution in [0, 0.1) is 5.82 Å². The van der Waals surface area contributed by atoms with Crippen LogP contribution in [0.5, 0.6) is 5.75 Å². The number of hydrogen-bond acceptors (Lipinski definition) is 5. The number of hydrogen-bond donors (Lipinski definition) is 1. The summed E-state index contributed by atoms with van der Waals surface area (Å²) < 4.78 is 88.6. The van der Waals surface area contributed by atoms with Crippen LogP contribution in [0.1, 0.15) is 43.1 Å². The van der Waals surface area contributed by atoms with Crippen LogP contribution in [-0.2, 0) is 26.2 Å². The topological polar surface area (TPSA) is 80.8 Å². The van der Waals surface area contributed by atoms with Crippen LogP contribution in [0.25, 0.3) is 0 Å². The lowest BCUT2D eigenvalue weighted by Crippen LogP contribution is -2.46. The van der Waals surface area contributed by atoms with E-state index in [-0.39, 0.29) is 31.0 Å². The highest BCUT2D eigenvalue weighted by Crippen LogP contribution is 2.35. The first-order chi connectivity index (χ1) is 17.7. The lowest BCUT2D eigenvalue weighted by atomic mass is 9.89. The molecule has 13 heteroatoms. The van der Waals surface area contributed by atoms with E-state index in [1.165, 1.54) is 19.2 Å². The molecule has 208 valence electrons. The first-order valence-electron chi connectivity index (χ1n) is 11.6. The number of methoxy groups -OCH3 is 1. The number of benzene rings is 1. The number of pyridine rings is 1. The van der Waals surface area contributed by atoms with E-state index >= 15 is 0 Å². The molecule has 2 aromatic rings. The molecule has 1 aliphatic rings. The smallest absolute Gasteiger partial charge is 0.397 e. The number of ether oxygens (including phenoxy) is 2. The van der Waals surface area contributed by atoms with Crippen LogP contribution < -0.4 is 10.1 Å². The molecule has 0 unspecified atom stereocenters. The molecule has 0 spiro atoms. The van der Waals surface area contributed by atoms with E-state index in [0.717, 1.165) is 17.2 Å². The molecular formula is C25H27F6N3O4. The van der Waals surface area contributed by atoms with Gasteiger partial charge in [0.25, 0.3) is 12.3 Å². The molecule has 0 saturated heterocycles. The van der Waals surface area contributed by atoms with Crippen LogP contribution in [0.4, 0.5) is 32.0 Å². The predicted molar refractivity (Wildman–Crippen MR) is 124 cm³/mol. The zero-order valence-corrected chi connectivity index (χ0v) is 20.9. The molecular weight excluding hydrogens is 520 g/mol. The summed E-state index contributed by atoms with van der Waals surface area (Å²) in [5, 5.41) is 2.43. The maximum absolute atomic E-state index is 14.9. The van der Waals surface area contributed by atoms with Gasteiger partial charge in [0.05, 0.1) is 31.3 Å². The molecule has 38 heavy (non-hydrogen) atoms. The highest BCUT2D eigenvalue weighted by molar-refractivity contribution is 5.98. The Bertz CT molecular complexity index is 1170. The molecule has 0 bridgehead atoms. The van der Waals surface area contributed by atoms with Crippen molar-refractivity contribution in [2.75, 3.05) is 32.2 Å². The number of halogens is 6. The third kappa shape index (κ3) is 7.15. The molecule has 1 atom stereocenters. The lowest BCUT2D eigenvalue weighted by Gasteiger charge is -2.36. The molecule has 1 aliphatic heterocycles. The predicted octanol–water partition coefficient (Wildman–Crippen LogP) is 4.81. The Hall–Kier alpha value is -3.35. The van der Waals surface area contributed by atoms with Crippen molar-refractivity contribution < 1.29 is 45.4 Å². The van der Waals surface area contributed by atoms with Gasteiger partial charge in [-0.05, 0) is 29.7 Å². The van der Waals surface area contributed by atoms with Gasteiger partial charge in [-0.25, -0.2) is 13.2 Å². The summed E-state index contributed by atoms with van der Waals surface area (Å²) in [5.41, 5.74) is -0.353. The normalized spacial score (nSPS) is 15.8. The highest BCUT2D eigenvalue weighted by Gasteiger charge is 2.41. The monoisotopic (exact) mass is 547 g/mol. The number of nitrogens with one attached hydrogen (secondary N) is 1. The third-order valence-corrected chi connectivity index (χ3v) is 5.96. The molecule has 0 aliphatic carbocycles. The molecule has 2 heterocycles. The quantitative estimate of drug-likeness (QED) is 0.456.